The fourth-order valence-corrected chi connectivity index (χ4v) is 3.32. The SMILES string of the molecule is Cc1ccc(CN2CCCCC2CC(=O)O)c(Br)c1. The summed E-state index contributed by atoms with van der Waals surface area (Å²) >= 11 is 3.60. The summed E-state index contributed by atoms with van der Waals surface area (Å²) in [7, 11) is 0. The second kappa shape index (κ2) is 6.53. The van der Waals surface area contributed by atoms with Crippen LogP contribution in [0.5, 0.6) is 0 Å². The summed E-state index contributed by atoms with van der Waals surface area (Å²) in [5, 5.41) is 9.00. The van der Waals surface area contributed by atoms with Crippen LogP contribution in [0.25, 0.3) is 0 Å². The summed E-state index contributed by atoms with van der Waals surface area (Å²) in [6.07, 6.45) is 3.56. The maximum Gasteiger partial charge on any atom is 0.304 e. The summed E-state index contributed by atoms with van der Waals surface area (Å²) in [6.45, 7) is 3.90. The van der Waals surface area contributed by atoms with E-state index >= 15 is 0 Å². The van der Waals surface area contributed by atoms with Crippen molar-refractivity contribution in [3.63, 3.8) is 0 Å². The molecule has 1 aromatic carbocycles. The van der Waals surface area contributed by atoms with Gasteiger partial charge in [0.15, 0.2) is 0 Å². The first-order valence-corrected chi connectivity index (χ1v) is 7.56. The van der Waals surface area contributed by atoms with Crippen molar-refractivity contribution in [3.8, 4) is 0 Å². The number of nitrogens with zero attached hydrogens (tertiary/aromatic N) is 1. The summed E-state index contributed by atoms with van der Waals surface area (Å²) < 4.78 is 1.12. The van der Waals surface area contributed by atoms with E-state index in [9.17, 15) is 4.79 Å². The van der Waals surface area contributed by atoms with Crippen LogP contribution in [-0.2, 0) is 11.3 Å². The highest BCUT2D eigenvalue weighted by atomic mass is 79.9. The third kappa shape index (κ3) is 4.05. The van der Waals surface area contributed by atoms with Crippen molar-refractivity contribution in [2.75, 3.05) is 6.54 Å². The van der Waals surface area contributed by atoms with Crippen LogP contribution in [0.4, 0.5) is 0 Å². The molecular formula is C15H20BrNO2. The topological polar surface area (TPSA) is 40.5 Å². The zero-order valence-electron chi connectivity index (χ0n) is 11.2. The minimum Gasteiger partial charge on any atom is -0.481 e. The Kier molecular flexibility index (Phi) is 4.99. The number of aryl methyl sites for hydroxylation is 1. The molecule has 1 aliphatic rings. The lowest BCUT2D eigenvalue weighted by atomic mass is 9.98. The van der Waals surface area contributed by atoms with E-state index in [1.807, 2.05) is 0 Å². The first kappa shape index (κ1) is 14.5. The lowest BCUT2D eigenvalue weighted by Crippen LogP contribution is -2.40. The smallest absolute Gasteiger partial charge is 0.304 e. The molecule has 0 spiro atoms. The van der Waals surface area contributed by atoms with Crippen molar-refractivity contribution < 1.29 is 9.90 Å². The van der Waals surface area contributed by atoms with Gasteiger partial charge in [-0.15, -0.1) is 0 Å². The Hall–Kier alpha value is -0.870. The number of halogens is 1. The summed E-state index contributed by atoms with van der Waals surface area (Å²) in [5.41, 5.74) is 2.47. The Morgan fingerprint density at radius 1 is 1.47 bits per heavy atom. The molecule has 0 aliphatic carbocycles. The second-order valence-corrected chi connectivity index (χ2v) is 6.17. The van der Waals surface area contributed by atoms with Gasteiger partial charge in [0.05, 0.1) is 6.42 Å². The van der Waals surface area contributed by atoms with Gasteiger partial charge in [0, 0.05) is 17.1 Å². The molecule has 0 aromatic heterocycles. The molecule has 3 nitrogen and oxygen atoms in total. The van der Waals surface area contributed by atoms with Crippen LogP contribution in [-0.4, -0.2) is 28.6 Å². The number of likely N-dealkylation sites (tertiary alicyclic amines) is 1. The highest BCUT2D eigenvalue weighted by Crippen LogP contribution is 2.25. The highest BCUT2D eigenvalue weighted by Gasteiger charge is 2.24. The molecule has 1 atom stereocenters. The average molecular weight is 326 g/mol. The molecule has 0 amide bonds. The molecule has 1 unspecified atom stereocenters. The first-order valence-electron chi connectivity index (χ1n) is 6.77. The van der Waals surface area contributed by atoms with Gasteiger partial charge in [-0.25, -0.2) is 0 Å². The predicted molar refractivity (Wildman–Crippen MR) is 79.2 cm³/mol. The maximum absolute atomic E-state index is 10.9. The van der Waals surface area contributed by atoms with Crippen molar-refractivity contribution in [2.24, 2.45) is 0 Å². The van der Waals surface area contributed by atoms with Crippen molar-refractivity contribution in [3.05, 3.63) is 33.8 Å². The van der Waals surface area contributed by atoms with Gasteiger partial charge in [-0.1, -0.05) is 34.5 Å². The fraction of sp³-hybridized carbons (Fsp3) is 0.533. The minimum absolute atomic E-state index is 0.180. The van der Waals surface area contributed by atoms with E-state index in [4.69, 9.17) is 5.11 Å². The molecule has 0 radical (unpaired) electrons. The molecule has 19 heavy (non-hydrogen) atoms. The standard InChI is InChI=1S/C15H20BrNO2/c1-11-5-6-12(14(16)8-11)10-17-7-3-2-4-13(17)9-15(18)19/h5-6,8,13H,2-4,7,9-10H2,1H3,(H,18,19). The molecule has 1 N–H and O–H groups in total. The zero-order valence-corrected chi connectivity index (χ0v) is 12.8. The Labute approximate surface area is 122 Å². The summed E-state index contributed by atoms with van der Waals surface area (Å²) in [5.74, 6) is -0.695. The molecule has 1 saturated heterocycles. The van der Waals surface area contributed by atoms with Crippen LogP contribution in [0.1, 0.15) is 36.8 Å². The normalized spacial score (nSPS) is 20.4. The van der Waals surface area contributed by atoms with Crippen LogP contribution >= 0.6 is 15.9 Å². The van der Waals surface area contributed by atoms with Gasteiger partial charge in [0.25, 0.3) is 0 Å². The first-order chi connectivity index (χ1) is 9.06. The molecule has 4 heteroatoms. The van der Waals surface area contributed by atoms with E-state index in [1.165, 1.54) is 17.5 Å². The Bertz CT molecular complexity index is 461. The molecule has 0 saturated carbocycles. The number of carboxylic acids is 1. The van der Waals surface area contributed by atoms with Gasteiger partial charge in [0.1, 0.15) is 0 Å². The lowest BCUT2D eigenvalue weighted by Gasteiger charge is -2.35. The highest BCUT2D eigenvalue weighted by molar-refractivity contribution is 9.10. The largest absolute Gasteiger partial charge is 0.481 e. The lowest BCUT2D eigenvalue weighted by molar-refractivity contribution is -0.138. The molecule has 2 rings (SSSR count). The van der Waals surface area contributed by atoms with Gasteiger partial charge in [0.2, 0.25) is 0 Å². The van der Waals surface area contributed by atoms with Crippen LogP contribution in [0.2, 0.25) is 0 Å². The van der Waals surface area contributed by atoms with E-state index in [-0.39, 0.29) is 12.5 Å². The van der Waals surface area contributed by atoms with E-state index in [0.717, 1.165) is 30.4 Å². The van der Waals surface area contributed by atoms with Crippen LogP contribution in [0, 0.1) is 6.92 Å². The number of carbonyl (C=O) groups is 1. The molecular weight excluding hydrogens is 306 g/mol. The van der Waals surface area contributed by atoms with Crippen molar-refractivity contribution in [1.29, 1.82) is 0 Å². The number of rotatable bonds is 4. The maximum atomic E-state index is 10.9. The number of piperidine rings is 1. The molecule has 104 valence electrons. The number of hydrogen-bond acceptors (Lipinski definition) is 2. The Balaban J connectivity index is 2.08. The van der Waals surface area contributed by atoms with Crippen molar-refractivity contribution in [1.82, 2.24) is 4.90 Å². The number of aliphatic carboxylic acids is 1. The average Bonchev–Trinajstić information content (AvgIpc) is 2.34. The predicted octanol–water partition coefficient (Wildman–Crippen LogP) is 3.59. The van der Waals surface area contributed by atoms with Crippen LogP contribution in [0.15, 0.2) is 22.7 Å². The third-order valence-corrected chi connectivity index (χ3v) is 4.48. The van der Waals surface area contributed by atoms with Gasteiger partial charge >= 0.3 is 5.97 Å². The molecule has 1 aromatic rings. The van der Waals surface area contributed by atoms with E-state index in [0.29, 0.717) is 0 Å². The van der Waals surface area contributed by atoms with Crippen LogP contribution in [0.3, 0.4) is 0 Å². The van der Waals surface area contributed by atoms with Crippen molar-refractivity contribution in [2.45, 2.75) is 45.2 Å². The van der Waals surface area contributed by atoms with Crippen molar-refractivity contribution >= 4 is 21.9 Å². The molecule has 1 fully saturated rings. The quantitative estimate of drug-likeness (QED) is 0.919. The number of hydrogen-bond donors (Lipinski definition) is 1. The van der Waals surface area contributed by atoms with E-state index in [1.54, 1.807) is 0 Å². The van der Waals surface area contributed by atoms with Gasteiger partial charge in [-0.05, 0) is 43.5 Å². The summed E-state index contributed by atoms with van der Waals surface area (Å²) in [6, 6.07) is 6.53. The number of carboxylic acid groups (broad SMARTS) is 1. The van der Waals surface area contributed by atoms with E-state index < -0.39 is 5.97 Å². The zero-order chi connectivity index (χ0) is 13.8. The van der Waals surface area contributed by atoms with Gasteiger partial charge in [-0.3, -0.25) is 9.69 Å². The molecule has 1 aliphatic heterocycles. The molecule has 0 bridgehead atoms. The summed E-state index contributed by atoms with van der Waals surface area (Å²) in [4.78, 5) is 13.3. The minimum atomic E-state index is -0.695. The second-order valence-electron chi connectivity index (χ2n) is 5.31. The number of benzene rings is 1. The Morgan fingerprint density at radius 3 is 2.95 bits per heavy atom. The van der Waals surface area contributed by atoms with Gasteiger partial charge in [-0.2, -0.15) is 0 Å². The molecule has 1 heterocycles. The fourth-order valence-electron chi connectivity index (χ4n) is 2.70. The van der Waals surface area contributed by atoms with Crippen LogP contribution < -0.4 is 0 Å². The third-order valence-electron chi connectivity index (χ3n) is 3.74. The monoisotopic (exact) mass is 325 g/mol. The Morgan fingerprint density at radius 2 is 2.26 bits per heavy atom. The van der Waals surface area contributed by atoms with E-state index in [2.05, 4.69) is 46.0 Å². The van der Waals surface area contributed by atoms with Gasteiger partial charge < -0.3 is 5.11 Å².